The second kappa shape index (κ2) is 5.60. The molecule has 0 aliphatic heterocycles. The Bertz CT molecular complexity index is 837. The van der Waals surface area contributed by atoms with Crippen LogP contribution in [0.4, 0.5) is 0 Å². The number of benzene rings is 1. The summed E-state index contributed by atoms with van der Waals surface area (Å²) in [6.07, 6.45) is 0.264. The van der Waals surface area contributed by atoms with Crippen molar-refractivity contribution in [2.75, 3.05) is 7.05 Å². The van der Waals surface area contributed by atoms with E-state index < -0.39 is 0 Å². The van der Waals surface area contributed by atoms with Crippen LogP contribution in [0.5, 0.6) is 0 Å². The Balaban J connectivity index is 2.28. The number of carbonyl (C=O) groups excluding carboxylic acids is 1. The maximum absolute atomic E-state index is 11.9. The first-order chi connectivity index (χ1) is 10.6. The highest BCUT2D eigenvalue weighted by Gasteiger charge is 2.19. The summed E-state index contributed by atoms with van der Waals surface area (Å²) in [4.78, 5) is 16.5. The maximum Gasteiger partial charge on any atom is 0.224 e. The van der Waals surface area contributed by atoms with Gasteiger partial charge in [0.25, 0.3) is 0 Å². The van der Waals surface area contributed by atoms with Crippen LogP contribution in [0.15, 0.2) is 36.4 Å². The van der Waals surface area contributed by atoms with Gasteiger partial charge in [-0.05, 0) is 19.9 Å². The molecule has 0 saturated carbocycles. The number of carbonyl (C=O) groups is 1. The van der Waals surface area contributed by atoms with E-state index in [1.54, 1.807) is 7.05 Å². The zero-order chi connectivity index (χ0) is 15.7. The molecule has 0 saturated heterocycles. The van der Waals surface area contributed by atoms with Gasteiger partial charge in [-0.15, -0.1) is 0 Å². The van der Waals surface area contributed by atoms with Gasteiger partial charge in [-0.3, -0.25) is 4.79 Å². The monoisotopic (exact) mass is 294 g/mol. The number of likely N-dealkylation sites (N-methyl/N-ethyl adjacent to an activating group) is 1. The molecule has 0 bridgehead atoms. The minimum atomic E-state index is -0.0481. The molecule has 2 aromatic heterocycles. The second-order valence-corrected chi connectivity index (χ2v) is 5.32. The lowest BCUT2D eigenvalue weighted by Gasteiger charge is -2.03. The molecule has 0 aliphatic rings. The standard InChI is InChI=1S/C17H18N4O/c1-11-9-12(2)21-17(19-11)14(10-15(22)18-3)16(20-21)13-7-5-4-6-8-13/h4-9H,10H2,1-3H3,(H,18,22). The molecular formula is C17H18N4O. The van der Waals surface area contributed by atoms with Crippen molar-refractivity contribution >= 4 is 11.6 Å². The summed E-state index contributed by atoms with van der Waals surface area (Å²) in [6, 6.07) is 11.9. The Kier molecular flexibility index (Phi) is 3.63. The first-order valence-electron chi connectivity index (χ1n) is 7.22. The smallest absolute Gasteiger partial charge is 0.224 e. The minimum Gasteiger partial charge on any atom is -0.359 e. The van der Waals surface area contributed by atoms with Gasteiger partial charge in [-0.2, -0.15) is 5.10 Å². The van der Waals surface area contributed by atoms with Gasteiger partial charge in [-0.25, -0.2) is 9.50 Å². The average molecular weight is 294 g/mol. The van der Waals surface area contributed by atoms with Gasteiger partial charge in [-0.1, -0.05) is 30.3 Å². The zero-order valence-electron chi connectivity index (χ0n) is 12.9. The van der Waals surface area contributed by atoms with Crippen molar-refractivity contribution in [2.45, 2.75) is 20.3 Å². The van der Waals surface area contributed by atoms with E-state index in [4.69, 9.17) is 0 Å². The van der Waals surface area contributed by atoms with E-state index in [0.717, 1.165) is 33.9 Å². The van der Waals surface area contributed by atoms with E-state index in [1.807, 2.05) is 54.8 Å². The highest BCUT2D eigenvalue weighted by Crippen LogP contribution is 2.26. The number of nitrogens with zero attached hydrogens (tertiary/aromatic N) is 3. The van der Waals surface area contributed by atoms with Crippen LogP contribution >= 0.6 is 0 Å². The van der Waals surface area contributed by atoms with E-state index in [-0.39, 0.29) is 12.3 Å². The van der Waals surface area contributed by atoms with Gasteiger partial charge in [0.15, 0.2) is 5.65 Å². The van der Waals surface area contributed by atoms with E-state index in [9.17, 15) is 4.79 Å². The third-order valence-electron chi connectivity index (χ3n) is 3.65. The van der Waals surface area contributed by atoms with Crippen LogP contribution in [0, 0.1) is 13.8 Å². The van der Waals surface area contributed by atoms with Crippen LogP contribution in [0.2, 0.25) is 0 Å². The molecule has 1 N–H and O–H groups in total. The molecule has 1 aromatic carbocycles. The van der Waals surface area contributed by atoms with Crippen LogP contribution in [0.25, 0.3) is 16.9 Å². The molecule has 2 heterocycles. The van der Waals surface area contributed by atoms with Crippen LogP contribution < -0.4 is 5.32 Å². The normalized spacial score (nSPS) is 10.9. The van der Waals surface area contributed by atoms with E-state index >= 15 is 0 Å². The van der Waals surface area contributed by atoms with Gasteiger partial charge in [0.05, 0.1) is 12.1 Å². The lowest BCUT2D eigenvalue weighted by Crippen LogP contribution is -2.20. The summed E-state index contributed by atoms with van der Waals surface area (Å²) < 4.78 is 1.81. The van der Waals surface area contributed by atoms with Crippen LogP contribution in [-0.2, 0) is 11.2 Å². The third-order valence-corrected chi connectivity index (χ3v) is 3.65. The van der Waals surface area contributed by atoms with Crippen LogP contribution in [0.3, 0.4) is 0 Å². The van der Waals surface area contributed by atoms with Gasteiger partial charge in [0.1, 0.15) is 0 Å². The molecule has 112 valence electrons. The highest BCUT2D eigenvalue weighted by atomic mass is 16.1. The second-order valence-electron chi connectivity index (χ2n) is 5.32. The van der Waals surface area contributed by atoms with E-state index in [1.165, 1.54) is 0 Å². The van der Waals surface area contributed by atoms with Crippen LogP contribution in [-0.4, -0.2) is 27.6 Å². The molecule has 0 radical (unpaired) electrons. The summed E-state index contributed by atoms with van der Waals surface area (Å²) >= 11 is 0. The Morgan fingerprint density at radius 3 is 2.64 bits per heavy atom. The number of fused-ring (bicyclic) bond motifs is 1. The number of nitrogens with one attached hydrogen (secondary N) is 1. The molecule has 3 aromatic rings. The summed E-state index contributed by atoms with van der Waals surface area (Å²) in [5, 5.41) is 7.36. The predicted molar refractivity (Wildman–Crippen MR) is 85.7 cm³/mol. The fourth-order valence-electron chi connectivity index (χ4n) is 2.60. The number of hydrogen-bond acceptors (Lipinski definition) is 3. The highest BCUT2D eigenvalue weighted by molar-refractivity contribution is 5.84. The Hall–Kier alpha value is -2.69. The summed E-state index contributed by atoms with van der Waals surface area (Å²) in [5.74, 6) is -0.0481. The lowest BCUT2D eigenvalue weighted by atomic mass is 10.1. The summed E-state index contributed by atoms with van der Waals surface area (Å²) in [7, 11) is 1.64. The minimum absolute atomic E-state index is 0.0481. The maximum atomic E-state index is 11.9. The molecule has 0 fully saturated rings. The number of amides is 1. The lowest BCUT2D eigenvalue weighted by molar-refractivity contribution is -0.119. The van der Waals surface area contributed by atoms with Gasteiger partial charge < -0.3 is 5.32 Å². The van der Waals surface area contributed by atoms with Gasteiger partial charge >= 0.3 is 0 Å². The molecule has 3 rings (SSSR count). The average Bonchev–Trinajstić information content (AvgIpc) is 2.87. The largest absolute Gasteiger partial charge is 0.359 e. The van der Waals surface area contributed by atoms with Crippen LogP contribution in [0.1, 0.15) is 17.0 Å². The molecular weight excluding hydrogens is 276 g/mol. The number of hydrogen-bond donors (Lipinski definition) is 1. The van der Waals surface area contributed by atoms with Crippen molar-refractivity contribution in [1.29, 1.82) is 0 Å². The molecule has 5 nitrogen and oxygen atoms in total. The molecule has 0 unspecified atom stereocenters. The zero-order valence-corrected chi connectivity index (χ0v) is 12.9. The first-order valence-corrected chi connectivity index (χ1v) is 7.22. The van der Waals surface area contributed by atoms with E-state index in [2.05, 4.69) is 15.4 Å². The van der Waals surface area contributed by atoms with Crippen molar-refractivity contribution in [2.24, 2.45) is 0 Å². The molecule has 1 amide bonds. The number of aromatic nitrogens is 3. The van der Waals surface area contributed by atoms with Crippen molar-refractivity contribution in [3.63, 3.8) is 0 Å². The molecule has 5 heteroatoms. The third kappa shape index (κ3) is 2.45. The van der Waals surface area contributed by atoms with Gasteiger partial charge in [0.2, 0.25) is 5.91 Å². The van der Waals surface area contributed by atoms with E-state index in [0.29, 0.717) is 0 Å². The molecule has 22 heavy (non-hydrogen) atoms. The summed E-state index contributed by atoms with van der Waals surface area (Å²) in [6.45, 7) is 3.94. The Morgan fingerprint density at radius 1 is 1.23 bits per heavy atom. The van der Waals surface area contributed by atoms with Crippen molar-refractivity contribution in [3.05, 3.63) is 53.3 Å². The number of aryl methyl sites for hydroxylation is 2. The SMILES string of the molecule is CNC(=O)Cc1c(-c2ccccc2)nn2c(C)cc(C)nc12. The first kappa shape index (κ1) is 14.3. The molecule has 0 atom stereocenters. The van der Waals surface area contributed by atoms with Crippen molar-refractivity contribution in [3.8, 4) is 11.3 Å². The summed E-state index contributed by atoms with van der Waals surface area (Å²) in [5.41, 5.74) is 5.33. The van der Waals surface area contributed by atoms with Gasteiger partial charge in [0, 0.05) is 29.6 Å². The quantitative estimate of drug-likeness (QED) is 0.806. The molecule has 0 aliphatic carbocycles. The van der Waals surface area contributed by atoms with Crippen molar-refractivity contribution in [1.82, 2.24) is 19.9 Å². The predicted octanol–water partition coefficient (Wildman–Crippen LogP) is 2.30. The topological polar surface area (TPSA) is 59.3 Å². The fourth-order valence-corrected chi connectivity index (χ4v) is 2.60. The Morgan fingerprint density at radius 2 is 1.95 bits per heavy atom. The van der Waals surface area contributed by atoms with Crippen molar-refractivity contribution < 1.29 is 4.79 Å². The number of rotatable bonds is 3. The molecule has 0 spiro atoms. The fraction of sp³-hybridized carbons (Fsp3) is 0.235. The Labute approximate surface area is 129 Å².